The van der Waals surface area contributed by atoms with Gasteiger partial charge in [0.1, 0.15) is 10.7 Å². The van der Waals surface area contributed by atoms with Crippen LogP contribution in [0.15, 0.2) is 0 Å². The minimum Gasteiger partial charge on any atom is -0.382 e. The third-order valence-corrected chi connectivity index (χ3v) is 4.10. The summed E-state index contributed by atoms with van der Waals surface area (Å²) in [6, 6.07) is 0.264. The lowest BCUT2D eigenvalue weighted by molar-refractivity contribution is 0.0956. The van der Waals surface area contributed by atoms with Crippen molar-refractivity contribution in [3.63, 3.8) is 0 Å². The fraction of sp³-hybridized carbons (Fsp3) is 0.714. The lowest BCUT2D eigenvalue weighted by Crippen LogP contribution is -2.29. The second-order valence-electron chi connectivity index (χ2n) is 5.17. The summed E-state index contributed by atoms with van der Waals surface area (Å²) in [7, 11) is 0. The molecule has 1 aromatic heterocycles. The summed E-state index contributed by atoms with van der Waals surface area (Å²) in [5, 5.41) is 6.76. The van der Waals surface area contributed by atoms with E-state index in [1.807, 2.05) is 13.8 Å². The molecule has 120 valence electrons. The van der Waals surface area contributed by atoms with Crippen molar-refractivity contribution in [2.45, 2.75) is 40.2 Å². The Morgan fingerprint density at radius 1 is 1.38 bits per heavy atom. The summed E-state index contributed by atoms with van der Waals surface area (Å²) in [5.41, 5.74) is 5.80. The van der Waals surface area contributed by atoms with Crippen LogP contribution in [-0.4, -0.2) is 48.0 Å². The number of anilines is 2. The molecule has 0 aliphatic heterocycles. The van der Waals surface area contributed by atoms with Crippen LogP contribution < -0.4 is 16.4 Å². The molecule has 0 saturated heterocycles. The van der Waals surface area contributed by atoms with Gasteiger partial charge in [-0.3, -0.25) is 4.79 Å². The Morgan fingerprint density at radius 2 is 2.05 bits per heavy atom. The molecular formula is C14H27N5OS. The van der Waals surface area contributed by atoms with E-state index in [1.54, 1.807) is 0 Å². The summed E-state index contributed by atoms with van der Waals surface area (Å²) in [6.45, 7) is 12.0. The van der Waals surface area contributed by atoms with Crippen LogP contribution in [0.25, 0.3) is 0 Å². The monoisotopic (exact) mass is 313 g/mol. The summed E-state index contributed by atoms with van der Waals surface area (Å²) in [4.78, 5) is 19.1. The molecule has 6 nitrogen and oxygen atoms in total. The number of amides is 1. The van der Waals surface area contributed by atoms with Crippen molar-refractivity contribution in [2.24, 2.45) is 0 Å². The maximum absolute atomic E-state index is 12.1. The second kappa shape index (κ2) is 8.84. The second-order valence-corrected chi connectivity index (χ2v) is 6.17. The van der Waals surface area contributed by atoms with E-state index in [4.69, 9.17) is 5.73 Å². The molecule has 7 heteroatoms. The van der Waals surface area contributed by atoms with E-state index in [-0.39, 0.29) is 11.9 Å². The highest BCUT2D eigenvalue weighted by Crippen LogP contribution is 2.25. The number of hydrogen-bond donors (Lipinski definition) is 3. The molecule has 0 spiro atoms. The van der Waals surface area contributed by atoms with Crippen molar-refractivity contribution in [1.82, 2.24) is 15.2 Å². The minimum atomic E-state index is -0.138. The van der Waals surface area contributed by atoms with Crippen molar-refractivity contribution >= 4 is 28.2 Å². The van der Waals surface area contributed by atoms with Gasteiger partial charge in [-0.05, 0) is 39.9 Å². The smallest absolute Gasteiger partial charge is 0.265 e. The van der Waals surface area contributed by atoms with Crippen LogP contribution in [0.3, 0.4) is 0 Å². The first-order valence-corrected chi connectivity index (χ1v) is 8.32. The van der Waals surface area contributed by atoms with Gasteiger partial charge in [0, 0.05) is 12.6 Å². The fourth-order valence-corrected chi connectivity index (χ4v) is 2.88. The van der Waals surface area contributed by atoms with Crippen LogP contribution in [0.4, 0.5) is 10.9 Å². The SMILES string of the molecule is CCN(CC)CCCNC(=O)c1sc(NC(C)C)nc1N. The molecule has 0 aliphatic rings. The number of nitrogen functional groups attached to an aromatic ring is 1. The van der Waals surface area contributed by atoms with Crippen molar-refractivity contribution in [3.8, 4) is 0 Å². The van der Waals surface area contributed by atoms with Crippen LogP contribution in [-0.2, 0) is 0 Å². The molecular weight excluding hydrogens is 286 g/mol. The molecule has 0 fully saturated rings. The summed E-state index contributed by atoms with van der Waals surface area (Å²) < 4.78 is 0. The predicted molar refractivity (Wildman–Crippen MR) is 90.0 cm³/mol. The van der Waals surface area contributed by atoms with E-state index in [9.17, 15) is 4.79 Å². The van der Waals surface area contributed by atoms with Crippen LogP contribution in [0.1, 0.15) is 43.8 Å². The van der Waals surface area contributed by atoms with Gasteiger partial charge in [-0.1, -0.05) is 25.2 Å². The largest absolute Gasteiger partial charge is 0.382 e. The summed E-state index contributed by atoms with van der Waals surface area (Å²) in [5.74, 6) is 0.158. The highest BCUT2D eigenvalue weighted by Gasteiger charge is 2.16. The number of carbonyl (C=O) groups is 1. The Balaban J connectivity index is 2.43. The van der Waals surface area contributed by atoms with Crippen molar-refractivity contribution in [1.29, 1.82) is 0 Å². The van der Waals surface area contributed by atoms with Crippen molar-refractivity contribution < 1.29 is 4.79 Å². The van der Waals surface area contributed by atoms with Crippen molar-refractivity contribution in [2.75, 3.05) is 37.2 Å². The zero-order valence-electron chi connectivity index (χ0n) is 13.4. The van der Waals surface area contributed by atoms with E-state index in [0.717, 1.165) is 26.1 Å². The molecule has 1 heterocycles. The number of nitrogens with zero attached hydrogens (tertiary/aromatic N) is 2. The Bertz CT molecular complexity index is 443. The number of nitrogens with one attached hydrogen (secondary N) is 2. The molecule has 1 amide bonds. The third kappa shape index (κ3) is 5.89. The maximum atomic E-state index is 12.1. The molecule has 0 aliphatic carbocycles. The van der Waals surface area contributed by atoms with Gasteiger partial charge in [-0.2, -0.15) is 0 Å². The van der Waals surface area contributed by atoms with Gasteiger partial charge in [0.2, 0.25) is 0 Å². The average Bonchev–Trinajstić information content (AvgIpc) is 2.78. The molecule has 0 saturated carbocycles. The molecule has 0 unspecified atom stereocenters. The van der Waals surface area contributed by atoms with Gasteiger partial charge in [0.15, 0.2) is 5.13 Å². The predicted octanol–water partition coefficient (Wildman–Crippen LogP) is 2.01. The van der Waals surface area contributed by atoms with Crippen LogP contribution in [0, 0.1) is 0 Å². The summed E-state index contributed by atoms with van der Waals surface area (Å²) >= 11 is 1.30. The minimum absolute atomic E-state index is 0.138. The lowest BCUT2D eigenvalue weighted by atomic mass is 10.3. The van der Waals surface area contributed by atoms with E-state index >= 15 is 0 Å². The van der Waals surface area contributed by atoms with Gasteiger partial charge >= 0.3 is 0 Å². The van der Waals surface area contributed by atoms with Gasteiger partial charge < -0.3 is 21.3 Å². The number of thiazole rings is 1. The average molecular weight is 313 g/mol. The van der Waals surface area contributed by atoms with Gasteiger partial charge in [0.05, 0.1) is 0 Å². The first kappa shape index (κ1) is 17.7. The Labute approximate surface area is 131 Å². The quantitative estimate of drug-likeness (QED) is 0.607. The first-order valence-electron chi connectivity index (χ1n) is 7.51. The molecule has 21 heavy (non-hydrogen) atoms. The van der Waals surface area contributed by atoms with Crippen LogP contribution in [0.2, 0.25) is 0 Å². The highest BCUT2D eigenvalue weighted by molar-refractivity contribution is 7.18. The topological polar surface area (TPSA) is 83.3 Å². The molecule has 4 N–H and O–H groups in total. The zero-order chi connectivity index (χ0) is 15.8. The maximum Gasteiger partial charge on any atom is 0.265 e. The third-order valence-electron chi connectivity index (χ3n) is 3.10. The first-order chi connectivity index (χ1) is 9.97. The van der Waals surface area contributed by atoms with Gasteiger partial charge in [-0.15, -0.1) is 0 Å². The highest BCUT2D eigenvalue weighted by atomic mass is 32.1. The number of aromatic nitrogens is 1. The Hall–Kier alpha value is -1.34. The zero-order valence-corrected chi connectivity index (χ0v) is 14.2. The van der Waals surface area contributed by atoms with E-state index in [1.165, 1.54) is 11.3 Å². The Morgan fingerprint density at radius 3 is 2.62 bits per heavy atom. The van der Waals surface area contributed by atoms with Gasteiger partial charge in [0.25, 0.3) is 5.91 Å². The fourth-order valence-electron chi connectivity index (χ4n) is 1.93. The van der Waals surface area contributed by atoms with E-state index in [0.29, 0.717) is 22.4 Å². The molecule has 0 radical (unpaired) electrons. The van der Waals surface area contributed by atoms with E-state index in [2.05, 4.69) is 34.4 Å². The lowest BCUT2D eigenvalue weighted by Gasteiger charge is -2.17. The number of carbonyl (C=O) groups excluding carboxylic acids is 1. The summed E-state index contributed by atoms with van der Waals surface area (Å²) in [6.07, 6.45) is 0.934. The Kier molecular flexibility index (Phi) is 7.45. The van der Waals surface area contributed by atoms with Crippen LogP contribution >= 0.6 is 11.3 Å². The normalized spacial score (nSPS) is 11.1. The van der Waals surface area contributed by atoms with Crippen LogP contribution in [0.5, 0.6) is 0 Å². The van der Waals surface area contributed by atoms with Crippen molar-refractivity contribution in [3.05, 3.63) is 4.88 Å². The number of hydrogen-bond acceptors (Lipinski definition) is 6. The molecule has 0 bridgehead atoms. The molecule has 1 rings (SSSR count). The number of nitrogens with two attached hydrogens (primary N) is 1. The standard InChI is InChI=1S/C14H27N5OS/c1-5-19(6-2)9-7-8-16-13(20)11-12(15)18-14(21-11)17-10(3)4/h10H,5-9,15H2,1-4H3,(H,16,20)(H,17,18). The molecule has 1 aromatic rings. The van der Waals surface area contributed by atoms with Gasteiger partial charge in [-0.25, -0.2) is 4.98 Å². The number of rotatable bonds is 9. The molecule has 0 aromatic carbocycles. The molecule has 0 atom stereocenters. The van der Waals surface area contributed by atoms with E-state index < -0.39 is 0 Å².